The molecule has 2 aromatic rings. The Balaban J connectivity index is 0.00000392. The third-order valence-electron chi connectivity index (χ3n) is 3.49. The molecule has 0 aliphatic carbocycles. The van der Waals surface area contributed by atoms with Crippen molar-refractivity contribution >= 4 is 53.1 Å². The molecule has 8 heteroatoms. The molecule has 0 heterocycles. The number of carbonyl (C=O) groups excluding carboxylic acids is 1. The van der Waals surface area contributed by atoms with Crippen molar-refractivity contribution in [2.75, 3.05) is 25.0 Å². The number of amides is 1. The SMILES string of the molecule is CCNC(=NCc1ccc(Cl)cc1)NCCOc1cccc(NC(C)=O)c1.I. The van der Waals surface area contributed by atoms with Crippen LogP contribution in [0.15, 0.2) is 53.5 Å². The molecule has 3 N–H and O–H groups in total. The fraction of sp³-hybridized carbons (Fsp3) is 0.300. The van der Waals surface area contributed by atoms with Crippen molar-refractivity contribution in [1.29, 1.82) is 0 Å². The van der Waals surface area contributed by atoms with Gasteiger partial charge in [-0.05, 0) is 36.8 Å². The van der Waals surface area contributed by atoms with Gasteiger partial charge in [-0.15, -0.1) is 24.0 Å². The summed E-state index contributed by atoms with van der Waals surface area (Å²) >= 11 is 5.90. The third kappa shape index (κ3) is 9.27. The zero-order chi connectivity index (χ0) is 19.5. The van der Waals surface area contributed by atoms with Gasteiger partial charge in [0.1, 0.15) is 12.4 Å². The summed E-state index contributed by atoms with van der Waals surface area (Å²) < 4.78 is 5.72. The minimum atomic E-state index is -0.110. The summed E-state index contributed by atoms with van der Waals surface area (Å²) in [6.45, 7) is 5.89. The van der Waals surface area contributed by atoms with Gasteiger partial charge in [-0.25, -0.2) is 4.99 Å². The summed E-state index contributed by atoms with van der Waals surface area (Å²) in [4.78, 5) is 15.7. The summed E-state index contributed by atoms with van der Waals surface area (Å²) in [7, 11) is 0. The highest BCUT2D eigenvalue weighted by molar-refractivity contribution is 14.0. The predicted octanol–water partition coefficient (Wildman–Crippen LogP) is 4.05. The second-order valence-corrected chi connectivity index (χ2v) is 6.24. The van der Waals surface area contributed by atoms with Gasteiger partial charge >= 0.3 is 0 Å². The van der Waals surface area contributed by atoms with Crippen LogP contribution in [0, 0.1) is 0 Å². The van der Waals surface area contributed by atoms with Crippen LogP contribution in [0.4, 0.5) is 5.69 Å². The van der Waals surface area contributed by atoms with Crippen LogP contribution in [-0.2, 0) is 11.3 Å². The summed E-state index contributed by atoms with van der Waals surface area (Å²) in [6.07, 6.45) is 0. The number of aliphatic imine (C=N–C) groups is 1. The molecule has 0 spiro atoms. The number of rotatable bonds is 8. The third-order valence-corrected chi connectivity index (χ3v) is 3.75. The molecule has 0 aliphatic heterocycles. The van der Waals surface area contributed by atoms with Gasteiger partial charge in [0.25, 0.3) is 0 Å². The Hall–Kier alpha value is -2.00. The minimum absolute atomic E-state index is 0. The second kappa shape index (κ2) is 13.2. The van der Waals surface area contributed by atoms with Crippen LogP contribution in [0.2, 0.25) is 5.02 Å². The van der Waals surface area contributed by atoms with Crippen LogP contribution in [0.3, 0.4) is 0 Å². The maximum Gasteiger partial charge on any atom is 0.221 e. The minimum Gasteiger partial charge on any atom is -0.492 e. The number of ether oxygens (including phenoxy) is 1. The molecule has 0 saturated carbocycles. The highest BCUT2D eigenvalue weighted by Crippen LogP contribution is 2.17. The van der Waals surface area contributed by atoms with Crippen molar-refractivity contribution in [3.05, 3.63) is 59.1 Å². The molecule has 0 fully saturated rings. The molecule has 0 saturated heterocycles. The van der Waals surface area contributed by atoms with Crippen molar-refractivity contribution in [3.8, 4) is 5.75 Å². The number of halogens is 2. The van der Waals surface area contributed by atoms with Gasteiger partial charge in [-0.3, -0.25) is 4.79 Å². The molecule has 0 bridgehead atoms. The monoisotopic (exact) mass is 516 g/mol. The van der Waals surface area contributed by atoms with Crippen LogP contribution in [0.25, 0.3) is 0 Å². The maximum atomic E-state index is 11.1. The van der Waals surface area contributed by atoms with Crippen molar-refractivity contribution in [3.63, 3.8) is 0 Å². The number of guanidine groups is 1. The molecule has 6 nitrogen and oxygen atoms in total. The van der Waals surface area contributed by atoms with E-state index in [1.54, 1.807) is 6.07 Å². The van der Waals surface area contributed by atoms with E-state index in [1.807, 2.05) is 49.4 Å². The number of hydrogen-bond donors (Lipinski definition) is 3. The van der Waals surface area contributed by atoms with E-state index in [2.05, 4.69) is 20.9 Å². The van der Waals surface area contributed by atoms with E-state index in [1.165, 1.54) is 6.92 Å². The van der Waals surface area contributed by atoms with Gasteiger partial charge in [0, 0.05) is 30.2 Å². The molecular weight excluding hydrogens is 491 g/mol. The molecule has 0 aliphatic rings. The van der Waals surface area contributed by atoms with E-state index in [4.69, 9.17) is 16.3 Å². The molecule has 152 valence electrons. The van der Waals surface area contributed by atoms with E-state index in [9.17, 15) is 4.79 Å². The van der Waals surface area contributed by atoms with E-state index in [0.717, 1.165) is 18.1 Å². The van der Waals surface area contributed by atoms with E-state index < -0.39 is 0 Å². The maximum absolute atomic E-state index is 11.1. The highest BCUT2D eigenvalue weighted by atomic mass is 127. The lowest BCUT2D eigenvalue weighted by atomic mass is 10.2. The summed E-state index contributed by atoms with van der Waals surface area (Å²) in [5.74, 6) is 1.31. The largest absolute Gasteiger partial charge is 0.492 e. The Kier molecular flexibility index (Phi) is 11.4. The van der Waals surface area contributed by atoms with Gasteiger partial charge in [0.05, 0.1) is 13.1 Å². The molecule has 2 rings (SSSR count). The fourth-order valence-corrected chi connectivity index (χ4v) is 2.43. The standard InChI is InChI=1S/C20H25ClN4O2.HI/c1-3-22-20(24-14-16-7-9-17(21)10-8-16)23-11-12-27-19-6-4-5-18(13-19)25-15(2)26;/h4-10,13H,3,11-12,14H2,1-2H3,(H,25,26)(H2,22,23,24);1H. The quantitative estimate of drug-likeness (QED) is 0.214. The van der Waals surface area contributed by atoms with Gasteiger partial charge in [0.15, 0.2) is 5.96 Å². The zero-order valence-electron chi connectivity index (χ0n) is 16.0. The number of nitrogens with one attached hydrogen (secondary N) is 3. The Morgan fingerprint density at radius 1 is 1.14 bits per heavy atom. The lowest BCUT2D eigenvalue weighted by Gasteiger charge is -2.12. The summed E-state index contributed by atoms with van der Waals surface area (Å²) in [5.41, 5.74) is 1.80. The smallest absolute Gasteiger partial charge is 0.221 e. The summed E-state index contributed by atoms with van der Waals surface area (Å²) in [6, 6.07) is 14.9. The van der Waals surface area contributed by atoms with Crippen LogP contribution in [0.1, 0.15) is 19.4 Å². The summed E-state index contributed by atoms with van der Waals surface area (Å²) in [5, 5.41) is 9.89. The van der Waals surface area contributed by atoms with Gasteiger partial charge in [-0.2, -0.15) is 0 Å². The van der Waals surface area contributed by atoms with E-state index >= 15 is 0 Å². The van der Waals surface area contributed by atoms with E-state index in [0.29, 0.717) is 36.2 Å². The van der Waals surface area contributed by atoms with E-state index in [-0.39, 0.29) is 29.9 Å². The molecule has 0 unspecified atom stereocenters. The number of hydrogen-bond acceptors (Lipinski definition) is 3. The number of anilines is 1. The van der Waals surface area contributed by atoms with Crippen molar-refractivity contribution in [2.24, 2.45) is 4.99 Å². The highest BCUT2D eigenvalue weighted by Gasteiger charge is 2.01. The Morgan fingerprint density at radius 2 is 1.89 bits per heavy atom. The molecule has 0 radical (unpaired) electrons. The van der Waals surface area contributed by atoms with Gasteiger partial charge in [0.2, 0.25) is 5.91 Å². The Labute approximate surface area is 188 Å². The zero-order valence-corrected chi connectivity index (χ0v) is 19.1. The number of benzene rings is 2. The first kappa shape index (κ1) is 24.0. The Morgan fingerprint density at radius 3 is 2.57 bits per heavy atom. The first-order valence-electron chi connectivity index (χ1n) is 8.84. The van der Waals surface area contributed by atoms with Gasteiger partial charge < -0.3 is 20.7 Å². The molecular formula is C20H26ClIN4O2. The fourth-order valence-electron chi connectivity index (χ4n) is 2.31. The average molecular weight is 517 g/mol. The predicted molar refractivity (Wildman–Crippen MR) is 126 cm³/mol. The second-order valence-electron chi connectivity index (χ2n) is 5.81. The normalized spacial score (nSPS) is 10.6. The van der Waals surface area contributed by atoms with Crippen LogP contribution in [-0.4, -0.2) is 31.6 Å². The molecule has 0 atom stereocenters. The van der Waals surface area contributed by atoms with Crippen molar-refractivity contribution in [2.45, 2.75) is 20.4 Å². The first-order valence-corrected chi connectivity index (χ1v) is 9.21. The molecule has 28 heavy (non-hydrogen) atoms. The topological polar surface area (TPSA) is 74.8 Å². The van der Waals surface area contributed by atoms with Crippen LogP contribution < -0.4 is 20.7 Å². The molecule has 0 aromatic heterocycles. The average Bonchev–Trinajstić information content (AvgIpc) is 2.64. The lowest BCUT2D eigenvalue weighted by Crippen LogP contribution is -2.39. The number of carbonyl (C=O) groups is 1. The van der Waals surface area contributed by atoms with Crippen LogP contribution in [0.5, 0.6) is 5.75 Å². The van der Waals surface area contributed by atoms with Crippen molar-refractivity contribution in [1.82, 2.24) is 10.6 Å². The Bertz CT molecular complexity index is 769. The molecule has 2 aromatic carbocycles. The lowest BCUT2D eigenvalue weighted by molar-refractivity contribution is -0.114. The first-order chi connectivity index (χ1) is 13.1. The van der Waals surface area contributed by atoms with Gasteiger partial charge in [-0.1, -0.05) is 29.8 Å². The van der Waals surface area contributed by atoms with Crippen molar-refractivity contribution < 1.29 is 9.53 Å². The molecule has 1 amide bonds. The number of nitrogens with zero attached hydrogens (tertiary/aromatic N) is 1. The van der Waals surface area contributed by atoms with Crippen LogP contribution >= 0.6 is 35.6 Å².